The topological polar surface area (TPSA) is 75.7 Å². The maximum absolute atomic E-state index is 12.8. The Hall–Kier alpha value is -1.44. The highest BCUT2D eigenvalue weighted by Gasteiger charge is 2.32. The van der Waals surface area contributed by atoms with Crippen LogP contribution in [-0.4, -0.2) is 51.2 Å². The van der Waals surface area contributed by atoms with Gasteiger partial charge in [-0.2, -0.15) is 0 Å². The van der Waals surface area contributed by atoms with Crippen LogP contribution in [0.15, 0.2) is 18.2 Å². The second-order valence-corrected chi connectivity index (χ2v) is 9.28. The summed E-state index contributed by atoms with van der Waals surface area (Å²) >= 11 is 0. The van der Waals surface area contributed by atoms with E-state index < -0.39 is 10.0 Å². The summed E-state index contributed by atoms with van der Waals surface area (Å²) in [6.45, 7) is 7.03. The Morgan fingerprint density at radius 2 is 2.12 bits per heavy atom. The molecular formula is C19H30N2O4S. The number of carbonyl (C=O) groups excluding carboxylic acids is 1. The fourth-order valence-electron chi connectivity index (χ4n) is 3.29. The number of sulfonamides is 1. The van der Waals surface area contributed by atoms with E-state index in [1.54, 1.807) is 0 Å². The van der Waals surface area contributed by atoms with Gasteiger partial charge in [-0.05, 0) is 36.8 Å². The first-order valence-electron chi connectivity index (χ1n) is 9.13. The zero-order chi connectivity index (χ0) is 19.3. The van der Waals surface area contributed by atoms with Crippen LogP contribution in [-0.2, 0) is 19.6 Å². The van der Waals surface area contributed by atoms with E-state index in [-0.39, 0.29) is 30.7 Å². The number of anilines is 1. The van der Waals surface area contributed by atoms with Crippen LogP contribution in [0.5, 0.6) is 0 Å². The first kappa shape index (κ1) is 20.9. The highest BCUT2D eigenvalue weighted by Crippen LogP contribution is 2.29. The molecule has 1 amide bonds. The third kappa shape index (κ3) is 5.05. The molecule has 1 atom stereocenters. The molecule has 146 valence electrons. The van der Waals surface area contributed by atoms with E-state index in [2.05, 4.69) is 19.2 Å². The SMILES string of the molecule is COCCS(=O)(=O)N1CCCC(C(=O)Nc2c(C)cccc2C(C)C)C1. The summed E-state index contributed by atoms with van der Waals surface area (Å²) in [5.74, 6) is -0.191. The maximum Gasteiger partial charge on any atom is 0.228 e. The van der Waals surface area contributed by atoms with Crippen molar-refractivity contribution in [1.82, 2.24) is 4.31 Å². The molecule has 1 heterocycles. The van der Waals surface area contributed by atoms with E-state index >= 15 is 0 Å². The van der Waals surface area contributed by atoms with Gasteiger partial charge >= 0.3 is 0 Å². The molecule has 1 aliphatic heterocycles. The Labute approximate surface area is 157 Å². The van der Waals surface area contributed by atoms with Gasteiger partial charge in [0, 0.05) is 25.9 Å². The van der Waals surface area contributed by atoms with Crippen LogP contribution in [0.3, 0.4) is 0 Å². The summed E-state index contributed by atoms with van der Waals surface area (Å²) < 4.78 is 31.1. The van der Waals surface area contributed by atoms with E-state index in [1.165, 1.54) is 11.4 Å². The number of hydrogen-bond donors (Lipinski definition) is 1. The summed E-state index contributed by atoms with van der Waals surface area (Å²) in [6, 6.07) is 5.99. The fraction of sp³-hybridized carbons (Fsp3) is 0.632. The lowest BCUT2D eigenvalue weighted by Crippen LogP contribution is -2.45. The third-order valence-corrected chi connectivity index (χ3v) is 6.67. The van der Waals surface area contributed by atoms with Gasteiger partial charge in [0.2, 0.25) is 15.9 Å². The number of methoxy groups -OCH3 is 1. The van der Waals surface area contributed by atoms with E-state index in [9.17, 15) is 13.2 Å². The molecule has 0 bridgehead atoms. The number of nitrogens with zero attached hydrogens (tertiary/aromatic N) is 1. The Morgan fingerprint density at radius 3 is 2.77 bits per heavy atom. The largest absolute Gasteiger partial charge is 0.384 e. The van der Waals surface area contributed by atoms with Crippen LogP contribution in [0.2, 0.25) is 0 Å². The minimum atomic E-state index is -3.39. The Balaban J connectivity index is 2.11. The molecule has 0 saturated carbocycles. The monoisotopic (exact) mass is 382 g/mol. The molecule has 26 heavy (non-hydrogen) atoms. The van der Waals surface area contributed by atoms with Gasteiger partial charge in [-0.3, -0.25) is 4.79 Å². The Kier molecular flexibility index (Phi) is 7.20. The number of piperidine rings is 1. The van der Waals surface area contributed by atoms with Crippen molar-refractivity contribution in [3.05, 3.63) is 29.3 Å². The number of benzene rings is 1. The standard InChI is InChI=1S/C19H30N2O4S/c1-14(2)17-9-5-7-15(3)18(17)20-19(22)16-8-6-10-21(13-16)26(23,24)12-11-25-4/h5,7,9,14,16H,6,8,10-13H2,1-4H3,(H,20,22). The molecule has 6 nitrogen and oxygen atoms in total. The van der Waals surface area contributed by atoms with Crippen LogP contribution in [0.1, 0.15) is 43.7 Å². The lowest BCUT2D eigenvalue weighted by atomic mass is 9.95. The number of nitrogens with one attached hydrogen (secondary N) is 1. The Bertz CT molecular complexity index is 731. The molecule has 1 aromatic rings. The van der Waals surface area contributed by atoms with Crippen molar-refractivity contribution in [3.63, 3.8) is 0 Å². The minimum absolute atomic E-state index is 0.0485. The number of amides is 1. The van der Waals surface area contributed by atoms with Gasteiger partial charge in [0.25, 0.3) is 0 Å². The number of rotatable bonds is 7. The van der Waals surface area contributed by atoms with Crippen molar-refractivity contribution >= 4 is 21.6 Å². The number of hydrogen-bond acceptors (Lipinski definition) is 4. The first-order chi connectivity index (χ1) is 12.3. The van der Waals surface area contributed by atoms with Crippen molar-refractivity contribution in [3.8, 4) is 0 Å². The van der Waals surface area contributed by atoms with Crippen LogP contribution in [0, 0.1) is 12.8 Å². The molecule has 7 heteroatoms. The molecule has 1 N–H and O–H groups in total. The molecule has 1 saturated heterocycles. The normalized spacial score (nSPS) is 18.9. The van der Waals surface area contributed by atoms with E-state index in [0.29, 0.717) is 25.3 Å². The van der Waals surface area contributed by atoms with Gasteiger partial charge in [-0.1, -0.05) is 32.0 Å². The number of ether oxygens (including phenoxy) is 1. The second-order valence-electron chi connectivity index (χ2n) is 7.19. The molecule has 0 radical (unpaired) electrons. The summed E-state index contributed by atoms with van der Waals surface area (Å²) in [4.78, 5) is 12.8. The molecule has 1 unspecified atom stereocenters. The smallest absolute Gasteiger partial charge is 0.228 e. The molecule has 1 fully saturated rings. The van der Waals surface area contributed by atoms with Gasteiger partial charge in [-0.25, -0.2) is 12.7 Å². The van der Waals surface area contributed by atoms with Gasteiger partial charge in [-0.15, -0.1) is 0 Å². The quantitative estimate of drug-likeness (QED) is 0.787. The Morgan fingerprint density at radius 1 is 1.38 bits per heavy atom. The average molecular weight is 383 g/mol. The molecule has 0 spiro atoms. The number of para-hydroxylation sites is 1. The highest BCUT2D eigenvalue weighted by molar-refractivity contribution is 7.89. The first-order valence-corrected chi connectivity index (χ1v) is 10.7. The van der Waals surface area contributed by atoms with Crippen LogP contribution >= 0.6 is 0 Å². The van der Waals surface area contributed by atoms with Crippen molar-refractivity contribution in [1.29, 1.82) is 0 Å². The minimum Gasteiger partial charge on any atom is -0.384 e. The molecule has 2 rings (SSSR count). The zero-order valence-corrected chi connectivity index (χ0v) is 16.9. The van der Waals surface area contributed by atoms with Gasteiger partial charge in [0.1, 0.15) is 0 Å². The molecule has 1 aliphatic rings. The number of carbonyl (C=O) groups is 1. The lowest BCUT2D eigenvalue weighted by molar-refractivity contribution is -0.120. The maximum atomic E-state index is 12.8. The predicted molar refractivity (Wildman–Crippen MR) is 104 cm³/mol. The van der Waals surface area contributed by atoms with Gasteiger partial charge < -0.3 is 10.1 Å². The molecule has 0 aliphatic carbocycles. The summed E-state index contributed by atoms with van der Waals surface area (Å²) in [6.07, 6.45) is 1.39. The average Bonchev–Trinajstić information content (AvgIpc) is 2.61. The molecule has 0 aromatic heterocycles. The molecule has 1 aromatic carbocycles. The number of aryl methyl sites for hydroxylation is 1. The van der Waals surface area contributed by atoms with Crippen molar-refractivity contribution in [2.45, 2.75) is 39.5 Å². The molecular weight excluding hydrogens is 352 g/mol. The van der Waals surface area contributed by atoms with Gasteiger partial charge in [0.15, 0.2) is 0 Å². The summed E-state index contributed by atoms with van der Waals surface area (Å²) in [5.41, 5.74) is 2.97. The van der Waals surface area contributed by atoms with Gasteiger partial charge in [0.05, 0.1) is 18.3 Å². The third-order valence-electron chi connectivity index (χ3n) is 4.87. The predicted octanol–water partition coefficient (Wildman–Crippen LogP) is 2.75. The zero-order valence-electron chi connectivity index (χ0n) is 16.1. The lowest BCUT2D eigenvalue weighted by Gasteiger charge is -2.31. The summed E-state index contributed by atoms with van der Waals surface area (Å²) in [7, 11) is -1.90. The van der Waals surface area contributed by atoms with E-state index in [0.717, 1.165) is 16.8 Å². The van der Waals surface area contributed by atoms with E-state index in [4.69, 9.17) is 4.74 Å². The summed E-state index contributed by atoms with van der Waals surface area (Å²) in [5, 5.41) is 3.06. The fourth-order valence-corrected chi connectivity index (χ4v) is 4.74. The van der Waals surface area contributed by atoms with Crippen molar-refractivity contribution in [2.75, 3.05) is 37.9 Å². The van der Waals surface area contributed by atoms with Crippen LogP contribution < -0.4 is 5.32 Å². The van der Waals surface area contributed by atoms with Crippen LogP contribution in [0.25, 0.3) is 0 Å². The van der Waals surface area contributed by atoms with E-state index in [1.807, 2.05) is 25.1 Å². The van der Waals surface area contributed by atoms with Crippen molar-refractivity contribution < 1.29 is 17.9 Å². The highest BCUT2D eigenvalue weighted by atomic mass is 32.2. The van der Waals surface area contributed by atoms with Crippen LogP contribution in [0.4, 0.5) is 5.69 Å². The van der Waals surface area contributed by atoms with Crippen molar-refractivity contribution in [2.24, 2.45) is 5.92 Å². The second kappa shape index (κ2) is 8.97.